The topological polar surface area (TPSA) is 46.6 Å². The van der Waals surface area contributed by atoms with E-state index in [1.54, 1.807) is 32.0 Å². The lowest BCUT2D eigenvalue weighted by Crippen LogP contribution is -2.53. The standard InChI is InChI=1S/C13H14ClNO3/c1-8(16)7-15-10-6-9(14)4-5-11(10)18-13(2,3)12(15)17/h4-6H,7H2,1-3H3. The molecule has 0 N–H and O–H groups in total. The van der Waals surface area contributed by atoms with Crippen molar-refractivity contribution in [2.45, 2.75) is 26.4 Å². The second-order valence-corrected chi connectivity index (χ2v) is 5.25. The van der Waals surface area contributed by atoms with Crippen molar-refractivity contribution < 1.29 is 14.3 Å². The Bertz CT molecular complexity index is 525. The van der Waals surface area contributed by atoms with Crippen molar-refractivity contribution in [1.82, 2.24) is 0 Å². The molecule has 0 unspecified atom stereocenters. The summed E-state index contributed by atoms with van der Waals surface area (Å²) in [7, 11) is 0. The molecule has 1 aromatic carbocycles. The molecule has 0 saturated carbocycles. The number of rotatable bonds is 2. The van der Waals surface area contributed by atoms with Crippen molar-refractivity contribution in [2.24, 2.45) is 0 Å². The largest absolute Gasteiger partial charge is 0.476 e. The van der Waals surface area contributed by atoms with E-state index in [9.17, 15) is 9.59 Å². The van der Waals surface area contributed by atoms with Crippen LogP contribution in [0.25, 0.3) is 0 Å². The Morgan fingerprint density at radius 1 is 1.44 bits per heavy atom. The van der Waals surface area contributed by atoms with Crippen LogP contribution in [0.3, 0.4) is 0 Å². The fourth-order valence-corrected chi connectivity index (χ4v) is 2.09. The van der Waals surface area contributed by atoms with Crippen molar-refractivity contribution in [3.8, 4) is 5.75 Å². The third kappa shape index (κ3) is 2.20. The summed E-state index contributed by atoms with van der Waals surface area (Å²) in [5.74, 6) is 0.227. The van der Waals surface area contributed by atoms with Gasteiger partial charge in [-0.15, -0.1) is 0 Å². The highest BCUT2D eigenvalue weighted by Gasteiger charge is 2.41. The normalized spacial score (nSPS) is 17.1. The van der Waals surface area contributed by atoms with Crippen LogP contribution in [-0.4, -0.2) is 23.8 Å². The van der Waals surface area contributed by atoms with Gasteiger partial charge in [0, 0.05) is 5.02 Å². The monoisotopic (exact) mass is 267 g/mol. The molecular weight excluding hydrogens is 254 g/mol. The molecule has 1 aromatic rings. The third-order valence-electron chi connectivity index (χ3n) is 2.72. The van der Waals surface area contributed by atoms with Gasteiger partial charge < -0.3 is 4.74 Å². The summed E-state index contributed by atoms with van der Waals surface area (Å²) in [5.41, 5.74) is -0.432. The van der Waals surface area contributed by atoms with E-state index in [2.05, 4.69) is 0 Å². The molecule has 18 heavy (non-hydrogen) atoms. The lowest BCUT2D eigenvalue weighted by atomic mass is 10.0. The minimum Gasteiger partial charge on any atom is -0.476 e. The van der Waals surface area contributed by atoms with Crippen LogP contribution in [0.2, 0.25) is 5.02 Å². The molecule has 0 aromatic heterocycles. The first-order valence-corrected chi connectivity index (χ1v) is 5.99. The summed E-state index contributed by atoms with van der Waals surface area (Å²) in [6.45, 7) is 4.83. The average molecular weight is 268 g/mol. The fourth-order valence-electron chi connectivity index (χ4n) is 1.92. The number of ketones is 1. The van der Waals surface area contributed by atoms with Crippen LogP contribution < -0.4 is 9.64 Å². The van der Waals surface area contributed by atoms with Crippen molar-refractivity contribution in [3.05, 3.63) is 23.2 Å². The number of ether oxygens (including phenoxy) is 1. The van der Waals surface area contributed by atoms with Gasteiger partial charge in [-0.2, -0.15) is 0 Å². The Kier molecular flexibility index (Phi) is 3.07. The number of carbonyl (C=O) groups is 2. The van der Waals surface area contributed by atoms with Crippen LogP contribution in [0.4, 0.5) is 5.69 Å². The molecule has 0 fully saturated rings. The quantitative estimate of drug-likeness (QED) is 0.827. The van der Waals surface area contributed by atoms with E-state index in [1.807, 2.05) is 0 Å². The highest BCUT2D eigenvalue weighted by atomic mass is 35.5. The molecular formula is C13H14ClNO3. The van der Waals surface area contributed by atoms with Crippen molar-refractivity contribution in [1.29, 1.82) is 0 Å². The Labute approximate surface area is 110 Å². The molecule has 0 atom stereocenters. The van der Waals surface area contributed by atoms with E-state index < -0.39 is 5.60 Å². The van der Waals surface area contributed by atoms with E-state index in [0.717, 1.165) is 0 Å². The predicted octanol–water partition coefficient (Wildman–Crippen LogP) is 2.43. The van der Waals surface area contributed by atoms with Gasteiger partial charge in [-0.05, 0) is 39.0 Å². The van der Waals surface area contributed by atoms with Gasteiger partial charge in [-0.3, -0.25) is 14.5 Å². The molecule has 2 rings (SSSR count). The van der Waals surface area contributed by atoms with Gasteiger partial charge in [0.15, 0.2) is 5.60 Å². The molecule has 1 amide bonds. The maximum Gasteiger partial charge on any atom is 0.271 e. The van der Waals surface area contributed by atoms with Crippen LogP contribution in [-0.2, 0) is 9.59 Å². The number of hydrogen-bond donors (Lipinski definition) is 0. The molecule has 96 valence electrons. The molecule has 1 aliphatic rings. The van der Waals surface area contributed by atoms with Gasteiger partial charge >= 0.3 is 0 Å². The molecule has 0 bridgehead atoms. The number of hydrogen-bond acceptors (Lipinski definition) is 3. The molecule has 4 nitrogen and oxygen atoms in total. The number of nitrogens with zero attached hydrogens (tertiary/aromatic N) is 1. The maximum atomic E-state index is 12.3. The number of benzene rings is 1. The summed E-state index contributed by atoms with van der Waals surface area (Å²) >= 11 is 5.92. The van der Waals surface area contributed by atoms with Crippen LogP contribution in [0, 0.1) is 0 Å². The Morgan fingerprint density at radius 3 is 2.72 bits per heavy atom. The lowest BCUT2D eigenvalue weighted by molar-refractivity contribution is -0.133. The lowest BCUT2D eigenvalue weighted by Gasteiger charge is -2.38. The number of anilines is 1. The highest BCUT2D eigenvalue weighted by Crippen LogP contribution is 2.39. The minimum atomic E-state index is -0.976. The average Bonchev–Trinajstić information content (AvgIpc) is 2.25. The van der Waals surface area contributed by atoms with E-state index in [4.69, 9.17) is 16.3 Å². The van der Waals surface area contributed by atoms with Gasteiger partial charge in [0.2, 0.25) is 0 Å². The van der Waals surface area contributed by atoms with Crippen LogP contribution in [0.5, 0.6) is 5.75 Å². The molecule has 1 aliphatic heterocycles. The van der Waals surface area contributed by atoms with E-state index in [0.29, 0.717) is 16.5 Å². The second-order valence-electron chi connectivity index (χ2n) is 4.82. The first-order chi connectivity index (χ1) is 8.31. The molecule has 0 spiro atoms. The zero-order valence-electron chi connectivity index (χ0n) is 10.5. The zero-order valence-corrected chi connectivity index (χ0v) is 11.2. The maximum absolute atomic E-state index is 12.3. The number of fused-ring (bicyclic) bond motifs is 1. The summed E-state index contributed by atoms with van der Waals surface area (Å²) < 4.78 is 5.64. The van der Waals surface area contributed by atoms with Gasteiger partial charge in [-0.25, -0.2) is 0 Å². The minimum absolute atomic E-state index is 0.0268. The first kappa shape index (κ1) is 12.9. The molecule has 0 saturated heterocycles. The van der Waals surface area contributed by atoms with Crippen LogP contribution in [0.15, 0.2) is 18.2 Å². The summed E-state index contributed by atoms with van der Waals surface area (Å²) in [6.07, 6.45) is 0. The molecule has 5 heteroatoms. The van der Waals surface area contributed by atoms with E-state index >= 15 is 0 Å². The predicted molar refractivity (Wildman–Crippen MR) is 69.2 cm³/mol. The first-order valence-electron chi connectivity index (χ1n) is 5.61. The smallest absolute Gasteiger partial charge is 0.271 e. The molecule has 0 aliphatic carbocycles. The highest BCUT2D eigenvalue weighted by molar-refractivity contribution is 6.31. The number of amides is 1. The Morgan fingerprint density at radius 2 is 2.11 bits per heavy atom. The Balaban J connectivity index is 2.53. The van der Waals surface area contributed by atoms with Gasteiger partial charge in [0.25, 0.3) is 5.91 Å². The third-order valence-corrected chi connectivity index (χ3v) is 2.95. The summed E-state index contributed by atoms with van der Waals surface area (Å²) in [6, 6.07) is 5.03. The Hall–Kier alpha value is -1.55. The van der Waals surface area contributed by atoms with Gasteiger partial charge in [0.05, 0.1) is 12.2 Å². The van der Waals surface area contributed by atoms with Gasteiger partial charge in [-0.1, -0.05) is 11.6 Å². The SMILES string of the molecule is CC(=O)CN1C(=O)C(C)(C)Oc2ccc(Cl)cc21. The van der Waals surface area contributed by atoms with E-state index in [1.165, 1.54) is 11.8 Å². The summed E-state index contributed by atoms with van der Waals surface area (Å²) in [4.78, 5) is 25.0. The zero-order chi connectivity index (χ0) is 13.5. The summed E-state index contributed by atoms with van der Waals surface area (Å²) in [5, 5.41) is 0.499. The molecule has 1 heterocycles. The van der Waals surface area contributed by atoms with Crippen molar-refractivity contribution in [2.75, 3.05) is 11.4 Å². The van der Waals surface area contributed by atoms with Crippen molar-refractivity contribution >= 4 is 29.0 Å². The number of halogens is 1. The second kappa shape index (κ2) is 4.28. The van der Waals surface area contributed by atoms with Crippen LogP contribution >= 0.6 is 11.6 Å². The number of carbonyl (C=O) groups excluding carboxylic acids is 2. The molecule has 0 radical (unpaired) electrons. The van der Waals surface area contributed by atoms with Crippen LogP contribution in [0.1, 0.15) is 20.8 Å². The fraction of sp³-hybridized carbons (Fsp3) is 0.385. The van der Waals surface area contributed by atoms with Crippen molar-refractivity contribution in [3.63, 3.8) is 0 Å². The van der Waals surface area contributed by atoms with E-state index in [-0.39, 0.29) is 18.2 Å². The van der Waals surface area contributed by atoms with Gasteiger partial charge in [0.1, 0.15) is 11.5 Å². The number of Topliss-reactive ketones (excluding diaryl/α,β-unsaturated/α-hetero) is 1.